The minimum absolute atomic E-state index is 0.293. The highest BCUT2D eigenvalue weighted by Crippen LogP contribution is 2.23. The summed E-state index contributed by atoms with van der Waals surface area (Å²) in [4.78, 5) is 15.8. The van der Waals surface area contributed by atoms with E-state index in [1.165, 1.54) is 18.2 Å². The first kappa shape index (κ1) is 16.6. The van der Waals surface area contributed by atoms with E-state index in [4.69, 9.17) is 4.74 Å². The molecule has 0 aliphatic heterocycles. The third kappa shape index (κ3) is 4.17. The van der Waals surface area contributed by atoms with Crippen LogP contribution in [0.5, 0.6) is 11.5 Å². The van der Waals surface area contributed by atoms with Crippen LogP contribution in [0.15, 0.2) is 60.7 Å². The molecule has 6 heteroatoms. The second-order valence-electron chi connectivity index (χ2n) is 5.30. The van der Waals surface area contributed by atoms with Crippen molar-refractivity contribution in [1.29, 1.82) is 0 Å². The zero-order valence-electron chi connectivity index (χ0n) is 13.3. The molecule has 1 aromatic heterocycles. The fourth-order valence-electron chi connectivity index (χ4n) is 2.24. The van der Waals surface area contributed by atoms with Crippen molar-refractivity contribution in [2.45, 2.75) is 6.92 Å². The fourth-order valence-corrected chi connectivity index (χ4v) is 2.24. The lowest BCUT2D eigenvalue weighted by molar-refractivity contribution is 0.102. The molecule has 2 aromatic carbocycles. The number of nitrogens with one attached hydrogen (secondary N) is 1. The van der Waals surface area contributed by atoms with E-state index in [9.17, 15) is 13.6 Å². The third-order valence-corrected chi connectivity index (χ3v) is 3.44. The standard InChI is InChI=1S/C19H14F2N2O2/c1-12-17(9-10-18(21)22-12)19(24)23-14-5-7-15(8-6-14)25-16-4-2-3-13(20)11-16/h2-11H,1H3,(H,23,24). The van der Waals surface area contributed by atoms with Gasteiger partial charge in [-0.3, -0.25) is 4.79 Å². The van der Waals surface area contributed by atoms with Gasteiger partial charge in [0.15, 0.2) is 0 Å². The molecule has 0 saturated heterocycles. The summed E-state index contributed by atoms with van der Waals surface area (Å²) in [6, 6.07) is 14.9. The number of ether oxygens (including phenoxy) is 1. The summed E-state index contributed by atoms with van der Waals surface area (Å²) in [5, 5.41) is 2.70. The van der Waals surface area contributed by atoms with Gasteiger partial charge in [0.2, 0.25) is 5.95 Å². The van der Waals surface area contributed by atoms with Crippen molar-refractivity contribution in [2.24, 2.45) is 0 Å². The normalized spacial score (nSPS) is 10.4. The minimum Gasteiger partial charge on any atom is -0.457 e. The number of aryl methyl sites for hydroxylation is 1. The summed E-state index contributed by atoms with van der Waals surface area (Å²) in [5.74, 6) is -0.519. The van der Waals surface area contributed by atoms with Gasteiger partial charge in [0.05, 0.1) is 11.3 Å². The predicted molar refractivity (Wildman–Crippen MR) is 89.8 cm³/mol. The molecular weight excluding hydrogens is 326 g/mol. The van der Waals surface area contributed by atoms with Crippen molar-refractivity contribution in [2.75, 3.05) is 5.32 Å². The number of amides is 1. The Kier molecular flexibility index (Phi) is 4.70. The van der Waals surface area contributed by atoms with E-state index in [0.29, 0.717) is 28.4 Å². The lowest BCUT2D eigenvalue weighted by atomic mass is 10.2. The summed E-state index contributed by atoms with van der Waals surface area (Å²) >= 11 is 0. The number of anilines is 1. The first-order valence-corrected chi connectivity index (χ1v) is 7.49. The van der Waals surface area contributed by atoms with Crippen LogP contribution < -0.4 is 10.1 Å². The van der Waals surface area contributed by atoms with Crippen LogP contribution in [0.4, 0.5) is 14.5 Å². The Balaban J connectivity index is 1.69. The van der Waals surface area contributed by atoms with Gasteiger partial charge in [0.25, 0.3) is 5.91 Å². The maximum Gasteiger partial charge on any atom is 0.257 e. The number of carbonyl (C=O) groups is 1. The number of nitrogens with zero attached hydrogens (tertiary/aromatic N) is 1. The molecule has 1 N–H and O–H groups in total. The Morgan fingerprint density at radius 1 is 1.00 bits per heavy atom. The molecule has 126 valence electrons. The van der Waals surface area contributed by atoms with E-state index in [0.717, 1.165) is 6.07 Å². The van der Waals surface area contributed by atoms with E-state index in [1.807, 2.05) is 0 Å². The molecular formula is C19H14F2N2O2. The zero-order valence-corrected chi connectivity index (χ0v) is 13.3. The number of pyridine rings is 1. The van der Waals surface area contributed by atoms with Crippen LogP contribution in [0.2, 0.25) is 0 Å². The molecule has 3 rings (SSSR count). The van der Waals surface area contributed by atoms with Gasteiger partial charge in [-0.1, -0.05) is 6.07 Å². The smallest absolute Gasteiger partial charge is 0.257 e. The van der Waals surface area contributed by atoms with Crippen LogP contribution in [0.1, 0.15) is 16.1 Å². The van der Waals surface area contributed by atoms with Crippen molar-refractivity contribution in [1.82, 2.24) is 4.98 Å². The summed E-state index contributed by atoms with van der Waals surface area (Å²) < 4.78 is 31.7. The molecule has 0 fully saturated rings. The number of rotatable bonds is 4. The lowest BCUT2D eigenvalue weighted by Crippen LogP contribution is -2.14. The molecule has 25 heavy (non-hydrogen) atoms. The molecule has 0 bridgehead atoms. The van der Waals surface area contributed by atoms with Crippen molar-refractivity contribution < 1.29 is 18.3 Å². The highest BCUT2D eigenvalue weighted by molar-refractivity contribution is 6.04. The molecule has 0 atom stereocenters. The fraction of sp³-hybridized carbons (Fsp3) is 0.0526. The van der Waals surface area contributed by atoms with E-state index < -0.39 is 5.95 Å². The van der Waals surface area contributed by atoms with Gasteiger partial charge in [0.1, 0.15) is 17.3 Å². The summed E-state index contributed by atoms with van der Waals surface area (Å²) in [6.45, 7) is 1.56. The molecule has 0 saturated carbocycles. The first-order valence-electron chi connectivity index (χ1n) is 7.49. The number of aromatic nitrogens is 1. The molecule has 0 aliphatic rings. The van der Waals surface area contributed by atoms with Crippen LogP contribution >= 0.6 is 0 Å². The van der Waals surface area contributed by atoms with Crippen LogP contribution in [0.3, 0.4) is 0 Å². The number of halogens is 2. The zero-order chi connectivity index (χ0) is 17.8. The van der Waals surface area contributed by atoms with Crippen LogP contribution in [0.25, 0.3) is 0 Å². The average Bonchev–Trinajstić information content (AvgIpc) is 2.56. The Bertz CT molecular complexity index is 912. The van der Waals surface area contributed by atoms with Gasteiger partial charge < -0.3 is 10.1 Å². The Morgan fingerprint density at radius 2 is 1.76 bits per heavy atom. The van der Waals surface area contributed by atoms with Crippen molar-refractivity contribution in [3.05, 3.63) is 83.7 Å². The molecule has 4 nitrogen and oxygen atoms in total. The lowest BCUT2D eigenvalue weighted by Gasteiger charge is -2.09. The molecule has 0 aliphatic carbocycles. The maximum absolute atomic E-state index is 13.1. The number of hydrogen-bond donors (Lipinski definition) is 1. The van der Waals surface area contributed by atoms with E-state index in [1.54, 1.807) is 43.3 Å². The van der Waals surface area contributed by atoms with E-state index in [2.05, 4.69) is 10.3 Å². The minimum atomic E-state index is -0.632. The summed E-state index contributed by atoms with van der Waals surface area (Å²) in [5.41, 5.74) is 1.14. The van der Waals surface area contributed by atoms with Crippen molar-refractivity contribution in [3.8, 4) is 11.5 Å². The van der Waals surface area contributed by atoms with Crippen LogP contribution in [-0.2, 0) is 0 Å². The first-order chi connectivity index (χ1) is 12.0. The Hall–Kier alpha value is -3.28. The number of hydrogen-bond acceptors (Lipinski definition) is 3. The van der Waals surface area contributed by atoms with E-state index >= 15 is 0 Å². The molecule has 1 amide bonds. The van der Waals surface area contributed by atoms with Crippen molar-refractivity contribution >= 4 is 11.6 Å². The van der Waals surface area contributed by atoms with Gasteiger partial charge in [-0.25, -0.2) is 9.37 Å². The van der Waals surface area contributed by atoms with Crippen molar-refractivity contribution in [3.63, 3.8) is 0 Å². The van der Waals surface area contributed by atoms with Gasteiger partial charge in [-0.15, -0.1) is 0 Å². The monoisotopic (exact) mass is 340 g/mol. The number of benzene rings is 2. The van der Waals surface area contributed by atoms with Crippen LogP contribution in [-0.4, -0.2) is 10.9 Å². The SMILES string of the molecule is Cc1nc(F)ccc1C(=O)Nc1ccc(Oc2cccc(F)c2)cc1. The second-order valence-corrected chi connectivity index (χ2v) is 5.30. The Labute approximate surface area is 143 Å². The number of carbonyl (C=O) groups excluding carboxylic acids is 1. The second kappa shape index (κ2) is 7.09. The van der Waals surface area contributed by atoms with Gasteiger partial charge >= 0.3 is 0 Å². The topological polar surface area (TPSA) is 51.2 Å². The molecule has 0 unspecified atom stereocenters. The maximum atomic E-state index is 13.1. The van der Waals surface area contributed by atoms with Gasteiger partial charge in [-0.05, 0) is 55.5 Å². The van der Waals surface area contributed by atoms with E-state index in [-0.39, 0.29) is 11.7 Å². The largest absolute Gasteiger partial charge is 0.457 e. The highest BCUT2D eigenvalue weighted by atomic mass is 19.1. The Morgan fingerprint density at radius 3 is 2.44 bits per heavy atom. The molecule has 1 heterocycles. The predicted octanol–water partition coefficient (Wildman–Crippen LogP) is 4.71. The van der Waals surface area contributed by atoms with Gasteiger partial charge in [0, 0.05) is 11.8 Å². The average molecular weight is 340 g/mol. The van der Waals surface area contributed by atoms with Crippen LogP contribution in [0, 0.1) is 18.7 Å². The quantitative estimate of drug-likeness (QED) is 0.700. The van der Waals surface area contributed by atoms with Gasteiger partial charge in [-0.2, -0.15) is 4.39 Å². The summed E-state index contributed by atoms with van der Waals surface area (Å²) in [7, 11) is 0. The molecule has 0 radical (unpaired) electrons. The molecule has 3 aromatic rings. The highest BCUT2D eigenvalue weighted by Gasteiger charge is 2.11. The summed E-state index contributed by atoms with van der Waals surface area (Å²) in [6.07, 6.45) is 0. The molecule has 0 spiro atoms. The third-order valence-electron chi connectivity index (χ3n) is 3.44.